The van der Waals surface area contributed by atoms with Crippen molar-refractivity contribution in [1.82, 2.24) is 19.9 Å². The molecule has 0 fully saturated rings. The van der Waals surface area contributed by atoms with Crippen LogP contribution in [-0.2, 0) is 17.1 Å². The van der Waals surface area contributed by atoms with Crippen LogP contribution < -0.4 is 0 Å². The first-order chi connectivity index (χ1) is 16.5. The Balaban J connectivity index is 0.00000253. The van der Waals surface area contributed by atoms with Gasteiger partial charge in [-0.15, -0.1) is 0 Å². The van der Waals surface area contributed by atoms with Gasteiger partial charge in [-0.1, -0.05) is 28.1 Å². The van der Waals surface area contributed by atoms with E-state index in [1.807, 2.05) is 48.6 Å². The van der Waals surface area contributed by atoms with E-state index in [0.717, 1.165) is 73.9 Å². The van der Waals surface area contributed by atoms with Crippen molar-refractivity contribution in [2.24, 2.45) is 0 Å². The standard InChI is InChI=1S/C26H14Br4N4.Fe/c27-14-3-1-2-13(10-14)17-12-16-11-15-4-5-18(31-15)23(28)19-6-7-20(33-19)24(29)21-8-9-22(34-21)25(30)26(17)32-16;/h1-12,32-33H;. The van der Waals surface area contributed by atoms with E-state index in [1.54, 1.807) is 0 Å². The van der Waals surface area contributed by atoms with Crippen molar-refractivity contribution in [2.45, 2.75) is 0 Å². The summed E-state index contributed by atoms with van der Waals surface area (Å²) in [4.78, 5) is 16.7. The predicted octanol–water partition coefficient (Wildman–Crippen LogP) is 9.37. The molecule has 0 spiro atoms. The number of rotatable bonds is 1. The molecule has 0 atom stereocenters. The van der Waals surface area contributed by atoms with Gasteiger partial charge in [-0.2, -0.15) is 0 Å². The Kier molecular flexibility index (Phi) is 7.09. The van der Waals surface area contributed by atoms with Gasteiger partial charge in [0, 0.05) is 32.6 Å². The Hall–Kier alpha value is -1.74. The van der Waals surface area contributed by atoms with E-state index in [0.29, 0.717) is 0 Å². The van der Waals surface area contributed by atoms with Gasteiger partial charge in [-0.05, 0) is 114 Å². The Morgan fingerprint density at radius 1 is 0.629 bits per heavy atom. The van der Waals surface area contributed by atoms with Gasteiger partial charge in [0.05, 0.1) is 52.7 Å². The maximum absolute atomic E-state index is 4.89. The molecule has 2 N–H and O–H groups in total. The monoisotopic (exact) mass is 754 g/mol. The molecule has 3 aromatic heterocycles. The van der Waals surface area contributed by atoms with Gasteiger partial charge in [0.25, 0.3) is 0 Å². The molecule has 6 rings (SSSR count). The van der Waals surface area contributed by atoms with Crippen LogP contribution in [0.25, 0.3) is 57.5 Å². The third-order valence-corrected chi connectivity index (χ3v) is 8.59. The van der Waals surface area contributed by atoms with Gasteiger partial charge in [-0.3, -0.25) is 0 Å². The topological polar surface area (TPSA) is 57.4 Å². The number of hydrogen-bond acceptors (Lipinski definition) is 2. The first kappa shape index (κ1) is 24.9. The zero-order valence-electron chi connectivity index (χ0n) is 17.7. The number of nitrogens with one attached hydrogen (secondary N) is 2. The Labute approximate surface area is 245 Å². The fraction of sp³-hybridized carbons (Fsp3) is 0. The molecule has 0 aliphatic carbocycles. The average Bonchev–Trinajstić information content (AvgIpc) is 3.64. The zero-order chi connectivity index (χ0) is 23.4. The smallest absolute Gasteiger partial charge is 0.0801 e. The van der Waals surface area contributed by atoms with Crippen molar-refractivity contribution in [3.05, 3.63) is 89.2 Å². The average molecular weight is 758 g/mol. The Morgan fingerprint density at radius 2 is 1.29 bits per heavy atom. The predicted molar refractivity (Wildman–Crippen MR) is 155 cm³/mol. The molecule has 4 aromatic rings. The first-order valence-electron chi connectivity index (χ1n) is 10.4. The van der Waals surface area contributed by atoms with E-state index in [9.17, 15) is 0 Å². The molecule has 2 aliphatic heterocycles. The molecule has 0 unspecified atom stereocenters. The second kappa shape index (κ2) is 9.96. The van der Waals surface area contributed by atoms with E-state index in [2.05, 4.69) is 98.0 Å². The Morgan fingerprint density at radius 3 is 2.00 bits per heavy atom. The summed E-state index contributed by atoms with van der Waals surface area (Å²) in [6.45, 7) is 0. The molecule has 0 amide bonds. The molecular weight excluding hydrogens is 744 g/mol. The normalized spacial score (nSPS) is 12.1. The number of aromatic nitrogens is 4. The van der Waals surface area contributed by atoms with Gasteiger partial charge in [0.15, 0.2) is 0 Å². The number of benzene rings is 1. The molecule has 0 radical (unpaired) electrons. The number of nitrogens with zero attached hydrogens (tertiary/aromatic N) is 2. The number of aromatic amines is 2. The third kappa shape index (κ3) is 4.70. The number of hydrogen-bond donors (Lipinski definition) is 2. The van der Waals surface area contributed by atoms with Gasteiger partial charge in [0.2, 0.25) is 0 Å². The van der Waals surface area contributed by atoms with Gasteiger partial charge < -0.3 is 9.97 Å². The first-order valence-corrected chi connectivity index (χ1v) is 13.5. The molecule has 0 saturated carbocycles. The number of H-pyrrole nitrogens is 2. The van der Waals surface area contributed by atoms with E-state index in [-0.39, 0.29) is 17.1 Å². The second-order valence-corrected chi connectivity index (χ2v) is 11.2. The molecule has 8 bridgehead atoms. The summed E-state index contributed by atoms with van der Waals surface area (Å²) in [5.74, 6) is 0. The molecule has 35 heavy (non-hydrogen) atoms. The summed E-state index contributed by atoms with van der Waals surface area (Å²) in [5, 5.41) is 0. The van der Waals surface area contributed by atoms with Crippen molar-refractivity contribution >= 4 is 110 Å². The van der Waals surface area contributed by atoms with E-state index in [1.165, 1.54) is 0 Å². The van der Waals surface area contributed by atoms with Gasteiger partial charge >= 0.3 is 0 Å². The summed E-state index contributed by atoms with van der Waals surface area (Å²) >= 11 is 14.9. The quantitative estimate of drug-likeness (QED) is 0.164. The van der Waals surface area contributed by atoms with E-state index >= 15 is 0 Å². The molecule has 1 aromatic carbocycles. The summed E-state index contributed by atoms with van der Waals surface area (Å²) in [6.07, 6.45) is 8.06. The second-order valence-electron chi connectivity index (χ2n) is 7.87. The zero-order valence-corrected chi connectivity index (χ0v) is 25.1. The van der Waals surface area contributed by atoms with Crippen LogP contribution in [0.1, 0.15) is 22.8 Å². The summed E-state index contributed by atoms with van der Waals surface area (Å²) in [7, 11) is 0. The fourth-order valence-corrected chi connectivity index (χ4v) is 5.85. The van der Waals surface area contributed by atoms with Crippen LogP contribution in [0.15, 0.2) is 66.4 Å². The molecule has 0 saturated heterocycles. The van der Waals surface area contributed by atoms with E-state index < -0.39 is 0 Å². The van der Waals surface area contributed by atoms with E-state index in [4.69, 9.17) is 9.97 Å². The SMILES string of the molecule is Brc1cccc(-c2cc3cc4nc(c(Br)c5ccc([nH]5)c(Br)c5nc(c(Br)c2[nH]3)C=C5)C=C4)c1.[Fe]. The minimum absolute atomic E-state index is 0. The van der Waals surface area contributed by atoms with Crippen LogP contribution in [0, 0.1) is 0 Å². The van der Waals surface area contributed by atoms with Crippen molar-refractivity contribution in [3.8, 4) is 11.1 Å². The Bertz CT molecular complexity index is 1720. The minimum Gasteiger partial charge on any atom is -0.354 e. The van der Waals surface area contributed by atoms with Gasteiger partial charge in [0.1, 0.15) is 0 Å². The van der Waals surface area contributed by atoms with Gasteiger partial charge in [-0.25, -0.2) is 9.97 Å². The van der Waals surface area contributed by atoms with Crippen LogP contribution in [0.3, 0.4) is 0 Å². The fourth-order valence-electron chi connectivity index (χ4n) is 4.01. The van der Waals surface area contributed by atoms with Crippen LogP contribution in [0.2, 0.25) is 0 Å². The van der Waals surface area contributed by atoms with Crippen molar-refractivity contribution in [3.63, 3.8) is 0 Å². The summed E-state index contributed by atoms with van der Waals surface area (Å²) < 4.78 is 3.71. The largest absolute Gasteiger partial charge is 0.354 e. The molecule has 5 heterocycles. The maximum atomic E-state index is 4.89. The van der Waals surface area contributed by atoms with Crippen molar-refractivity contribution in [2.75, 3.05) is 0 Å². The molecule has 2 aliphatic rings. The molecule has 4 nitrogen and oxygen atoms in total. The summed E-state index contributed by atoms with van der Waals surface area (Å²) in [5.41, 5.74) is 9.40. The minimum atomic E-state index is 0. The van der Waals surface area contributed by atoms with Crippen LogP contribution in [-0.4, -0.2) is 19.9 Å². The molecule has 174 valence electrons. The summed E-state index contributed by atoms with van der Waals surface area (Å²) in [6, 6.07) is 16.5. The number of halogens is 4. The molecular formula is C26H14Br4FeN4. The van der Waals surface area contributed by atoms with Crippen molar-refractivity contribution in [1.29, 1.82) is 0 Å². The number of fused-ring (bicyclic) bond motifs is 8. The maximum Gasteiger partial charge on any atom is 0.0801 e. The third-order valence-electron chi connectivity index (χ3n) is 5.63. The molecule has 9 heteroatoms. The van der Waals surface area contributed by atoms with Crippen LogP contribution in [0.5, 0.6) is 0 Å². The van der Waals surface area contributed by atoms with Crippen LogP contribution >= 0.6 is 63.7 Å². The van der Waals surface area contributed by atoms with Crippen molar-refractivity contribution < 1.29 is 17.1 Å². The van der Waals surface area contributed by atoms with Crippen LogP contribution in [0.4, 0.5) is 0 Å².